The van der Waals surface area contributed by atoms with Gasteiger partial charge in [-0.05, 0) is 42.5 Å². The third-order valence-corrected chi connectivity index (χ3v) is 4.12. The highest BCUT2D eigenvalue weighted by Gasteiger charge is 2.30. The molecule has 9 heteroatoms. The van der Waals surface area contributed by atoms with E-state index in [-0.39, 0.29) is 33.9 Å². The summed E-state index contributed by atoms with van der Waals surface area (Å²) in [4.78, 5) is 23.4. The molecule has 0 atom stereocenters. The Bertz CT molecular complexity index is 1220. The Hall–Kier alpha value is -4.32. The van der Waals surface area contributed by atoms with Crippen LogP contribution in [0, 0.1) is 11.3 Å². The predicted octanol–water partition coefficient (Wildman–Crippen LogP) is 5.21. The van der Waals surface area contributed by atoms with Gasteiger partial charge in [-0.3, -0.25) is 4.79 Å². The van der Waals surface area contributed by atoms with Crippen LogP contribution in [0.2, 0.25) is 0 Å². The SMILES string of the molecule is N#C/C(=C/c1ccc(-c2cccc(C(F)(F)F)c2)o1)C(=O)Nc1cccc(C(=O)O)c1. The second-order valence-corrected chi connectivity index (χ2v) is 6.29. The lowest BCUT2D eigenvalue weighted by molar-refractivity contribution is -0.137. The molecule has 0 bridgehead atoms. The van der Waals surface area contributed by atoms with Gasteiger partial charge < -0.3 is 14.8 Å². The molecular weight excluding hydrogens is 413 g/mol. The second kappa shape index (κ2) is 8.59. The fourth-order valence-corrected chi connectivity index (χ4v) is 2.65. The minimum atomic E-state index is -4.50. The quantitative estimate of drug-likeness (QED) is 0.431. The Morgan fingerprint density at radius 3 is 2.48 bits per heavy atom. The van der Waals surface area contributed by atoms with E-state index in [9.17, 15) is 28.0 Å². The van der Waals surface area contributed by atoms with Crippen LogP contribution in [0.1, 0.15) is 21.7 Å². The number of nitrogens with one attached hydrogen (secondary N) is 1. The summed E-state index contributed by atoms with van der Waals surface area (Å²) in [5.74, 6) is -1.77. The lowest BCUT2D eigenvalue weighted by atomic mass is 10.1. The van der Waals surface area contributed by atoms with Crippen LogP contribution in [-0.2, 0) is 11.0 Å². The average molecular weight is 426 g/mol. The van der Waals surface area contributed by atoms with Crippen LogP contribution in [0.15, 0.2) is 70.7 Å². The Morgan fingerprint density at radius 2 is 1.81 bits per heavy atom. The van der Waals surface area contributed by atoms with Gasteiger partial charge in [0.25, 0.3) is 5.91 Å². The molecule has 3 rings (SSSR count). The Kier molecular flexibility index (Phi) is 5.93. The number of nitrogens with zero attached hydrogens (tertiary/aromatic N) is 1. The summed E-state index contributed by atoms with van der Waals surface area (Å²) >= 11 is 0. The molecule has 0 saturated carbocycles. The first-order valence-electron chi connectivity index (χ1n) is 8.71. The summed E-state index contributed by atoms with van der Waals surface area (Å²) in [5, 5.41) is 20.7. The van der Waals surface area contributed by atoms with Crippen molar-refractivity contribution in [2.75, 3.05) is 5.32 Å². The molecule has 0 aliphatic rings. The molecule has 0 saturated heterocycles. The highest BCUT2D eigenvalue weighted by molar-refractivity contribution is 6.09. The molecular formula is C22H13F3N2O4. The topological polar surface area (TPSA) is 103 Å². The molecule has 156 valence electrons. The third kappa shape index (κ3) is 5.19. The van der Waals surface area contributed by atoms with E-state index < -0.39 is 23.6 Å². The van der Waals surface area contributed by atoms with Crippen LogP contribution in [0.4, 0.5) is 18.9 Å². The Balaban J connectivity index is 1.82. The fourth-order valence-electron chi connectivity index (χ4n) is 2.65. The van der Waals surface area contributed by atoms with Gasteiger partial charge in [0.05, 0.1) is 11.1 Å². The molecule has 3 aromatic rings. The lowest BCUT2D eigenvalue weighted by Crippen LogP contribution is -2.13. The average Bonchev–Trinajstić information content (AvgIpc) is 3.20. The van der Waals surface area contributed by atoms with E-state index in [0.29, 0.717) is 0 Å². The minimum absolute atomic E-state index is 0.0444. The van der Waals surface area contributed by atoms with Crippen molar-refractivity contribution in [1.82, 2.24) is 0 Å². The molecule has 1 heterocycles. The first-order valence-corrected chi connectivity index (χ1v) is 8.71. The van der Waals surface area contributed by atoms with Crippen molar-refractivity contribution < 1.29 is 32.3 Å². The number of aromatic carboxylic acids is 1. The highest BCUT2D eigenvalue weighted by atomic mass is 19.4. The number of rotatable bonds is 5. The van der Waals surface area contributed by atoms with Crippen LogP contribution >= 0.6 is 0 Å². The van der Waals surface area contributed by atoms with Crippen molar-refractivity contribution in [1.29, 1.82) is 5.26 Å². The molecule has 31 heavy (non-hydrogen) atoms. The standard InChI is InChI=1S/C22H13F3N2O4/c23-22(24,25)16-5-1-3-13(9-16)19-8-7-18(31-19)11-15(12-26)20(28)27-17-6-2-4-14(10-17)21(29)30/h1-11H,(H,27,28)(H,29,30)/b15-11-. The number of hydrogen-bond donors (Lipinski definition) is 2. The van der Waals surface area contributed by atoms with Crippen LogP contribution in [0.3, 0.4) is 0 Å². The monoisotopic (exact) mass is 426 g/mol. The lowest BCUT2D eigenvalue weighted by Gasteiger charge is -2.07. The number of carbonyl (C=O) groups is 2. The zero-order valence-corrected chi connectivity index (χ0v) is 15.6. The molecule has 0 unspecified atom stereocenters. The molecule has 0 aliphatic heterocycles. The van der Waals surface area contributed by atoms with Gasteiger partial charge >= 0.3 is 12.1 Å². The van der Waals surface area contributed by atoms with E-state index in [0.717, 1.165) is 18.2 Å². The maximum Gasteiger partial charge on any atom is 0.416 e. The maximum atomic E-state index is 12.9. The summed E-state index contributed by atoms with van der Waals surface area (Å²) < 4.78 is 44.1. The van der Waals surface area contributed by atoms with Crippen molar-refractivity contribution in [3.8, 4) is 17.4 Å². The number of furan rings is 1. The molecule has 0 aliphatic carbocycles. The van der Waals surface area contributed by atoms with E-state index >= 15 is 0 Å². The van der Waals surface area contributed by atoms with Gasteiger partial charge in [0.1, 0.15) is 23.2 Å². The molecule has 2 aromatic carbocycles. The van der Waals surface area contributed by atoms with Crippen LogP contribution in [0.5, 0.6) is 0 Å². The van der Waals surface area contributed by atoms with Gasteiger partial charge in [-0.25, -0.2) is 4.79 Å². The number of carboxylic acid groups (broad SMARTS) is 1. The number of nitriles is 1. The van der Waals surface area contributed by atoms with Crippen molar-refractivity contribution in [3.63, 3.8) is 0 Å². The molecule has 0 fully saturated rings. The van der Waals surface area contributed by atoms with E-state index in [2.05, 4.69) is 5.32 Å². The van der Waals surface area contributed by atoms with E-state index in [1.54, 1.807) is 6.07 Å². The first-order chi connectivity index (χ1) is 14.7. The van der Waals surface area contributed by atoms with Crippen molar-refractivity contribution in [2.24, 2.45) is 0 Å². The predicted molar refractivity (Wildman–Crippen MR) is 105 cm³/mol. The summed E-state index contributed by atoms with van der Waals surface area (Å²) in [6.07, 6.45) is -3.37. The van der Waals surface area contributed by atoms with E-state index in [4.69, 9.17) is 9.52 Å². The van der Waals surface area contributed by atoms with Crippen LogP contribution < -0.4 is 5.32 Å². The molecule has 1 amide bonds. The maximum absolute atomic E-state index is 12.9. The molecule has 0 radical (unpaired) electrons. The fraction of sp³-hybridized carbons (Fsp3) is 0.0455. The van der Waals surface area contributed by atoms with E-state index in [1.165, 1.54) is 48.5 Å². The van der Waals surface area contributed by atoms with Crippen LogP contribution in [-0.4, -0.2) is 17.0 Å². The van der Waals surface area contributed by atoms with Crippen molar-refractivity contribution >= 4 is 23.6 Å². The zero-order chi connectivity index (χ0) is 22.6. The van der Waals surface area contributed by atoms with Crippen molar-refractivity contribution in [2.45, 2.75) is 6.18 Å². The number of hydrogen-bond acceptors (Lipinski definition) is 4. The summed E-state index contributed by atoms with van der Waals surface area (Å²) in [6.45, 7) is 0. The number of carboxylic acids is 1. The number of carbonyl (C=O) groups excluding carboxylic acids is 1. The normalized spacial score (nSPS) is 11.6. The molecule has 2 N–H and O–H groups in total. The largest absolute Gasteiger partial charge is 0.478 e. The number of benzene rings is 2. The van der Waals surface area contributed by atoms with Gasteiger partial charge in [-0.1, -0.05) is 18.2 Å². The van der Waals surface area contributed by atoms with E-state index in [1.807, 2.05) is 0 Å². The summed E-state index contributed by atoms with van der Waals surface area (Å²) in [7, 11) is 0. The van der Waals surface area contributed by atoms with Crippen LogP contribution in [0.25, 0.3) is 17.4 Å². The number of halogens is 3. The Morgan fingerprint density at radius 1 is 1.06 bits per heavy atom. The van der Waals surface area contributed by atoms with Gasteiger partial charge in [-0.2, -0.15) is 18.4 Å². The minimum Gasteiger partial charge on any atom is -0.478 e. The third-order valence-electron chi connectivity index (χ3n) is 4.12. The van der Waals surface area contributed by atoms with Gasteiger partial charge in [0.15, 0.2) is 0 Å². The Labute approximate surface area is 173 Å². The van der Waals surface area contributed by atoms with Gasteiger partial charge in [-0.15, -0.1) is 0 Å². The summed E-state index contributed by atoms with van der Waals surface area (Å²) in [5.41, 5.74) is -0.861. The molecule has 0 spiro atoms. The van der Waals surface area contributed by atoms with Gasteiger partial charge in [0.2, 0.25) is 0 Å². The molecule has 6 nitrogen and oxygen atoms in total. The zero-order valence-electron chi connectivity index (χ0n) is 15.6. The molecule has 1 aromatic heterocycles. The number of alkyl halides is 3. The summed E-state index contributed by atoms with van der Waals surface area (Å²) in [6, 6.07) is 14.6. The number of anilines is 1. The highest BCUT2D eigenvalue weighted by Crippen LogP contribution is 2.32. The second-order valence-electron chi connectivity index (χ2n) is 6.29. The smallest absolute Gasteiger partial charge is 0.416 e. The van der Waals surface area contributed by atoms with Crippen molar-refractivity contribution in [3.05, 3.63) is 83.1 Å². The number of amides is 1. The first kappa shape index (κ1) is 21.4. The van der Waals surface area contributed by atoms with Gasteiger partial charge in [0, 0.05) is 17.3 Å².